The van der Waals surface area contributed by atoms with Crippen LogP contribution in [0, 0.1) is 5.41 Å². The number of rotatable bonds is 1. The molecule has 0 radical (unpaired) electrons. The summed E-state index contributed by atoms with van der Waals surface area (Å²) in [6, 6.07) is 1.46. The molecular formula is C11H13Cl2N3O. The summed E-state index contributed by atoms with van der Waals surface area (Å²) >= 11 is 11.6. The van der Waals surface area contributed by atoms with E-state index >= 15 is 0 Å². The van der Waals surface area contributed by atoms with Crippen LogP contribution in [-0.2, 0) is 0 Å². The van der Waals surface area contributed by atoms with E-state index in [1.165, 1.54) is 6.07 Å². The molecule has 0 unspecified atom stereocenters. The third kappa shape index (κ3) is 2.69. The van der Waals surface area contributed by atoms with Crippen LogP contribution in [-0.4, -0.2) is 34.1 Å². The van der Waals surface area contributed by atoms with E-state index in [4.69, 9.17) is 23.2 Å². The summed E-state index contributed by atoms with van der Waals surface area (Å²) in [5.74, 6) is -0.127. The number of halogens is 2. The number of hydrogen-bond donors (Lipinski definition) is 0. The van der Waals surface area contributed by atoms with E-state index in [1.807, 2.05) is 0 Å². The normalized spacial score (nSPS) is 18.5. The second-order valence-corrected chi connectivity index (χ2v) is 5.76. The topological polar surface area (TPSA) is 46.1 Å². The van der Waals surface area contributed by atoms with Gasteiger partial charge in [-0.2, -0.15) is 0 Å². The summed E-state index contributed by atoms with van der Waals surface area (Å²) in [6.07, 6.45) is 0.989. The first-order chi connectivity index (χ1) is 7.89. The van der Waals surface area contributed by atoms with Gasteiger partial charge in [0.25, 0.3) is 5.91 Å². The van der Waals surface area contributed by atoms with Gasteiger partial charge >= 0.3 is 0 Å². The molecule has 0 aliphatic carbocycles. The first-order valence-corrected chi connectivity index (χ1v) is 6.13. The number of carbonyl (C=O) groups excluding carboxylic acids is 1. The summed E-state index contributed by atoms with van der Waals surface area (Å²) in [5.41, 5.74) is 0.483. The lowest BCUT2D eigenvalue weighted by atomic mass is 9.93. The maximum Gasteiger partial charge on any atom is 0.257 e. The lowest BCUT2D eigenvalue weighted by molar-refractivity contribution is 0.0778. The minimum atomic E-state index is -0.127. The number of nitrogens with zero attached hydrogens (tertiary/aromatic N) is 3. The van der Waals surface area contributed by atoms with Crippen molar-refractivity contribution in [1.29, 1.82) is 0 Å². The highest BCUT2D eigenvalue weighted by molar-refractivity contribution is 6.34. The highest BCUT2D eigenvalue weighted by Crippen LogP contribution is 2.30. The van der Waals surface area contributed by atoms with Crippen molar-refractivity contribution in [2.75, 3.05) is 13.1 Å². The Morgan fingerprint density at radius 1 is 1.41 bits per heavy atom. The zero-order valence-electron chi connectivity index (χ0n) is 9.70. The highest BCUT2D eigenvalue weighted by Gasteiger charge is 2.33. The quantitative estimate of drug-likeness (QED) is 0.790. The lowest BCUT2D eigenvalue weighted by Crippen LogP contribution is -2.30. The van der Waals surface area contributed by atoms with Gasteiger partial charge in [-0.3, -0.25) is 4.79 Å². The Balaban J connectivity index is 2.23. The Kier molecular flexibility index (Phi) is 3.27. The number of hydrogen-bond acceptors (Lipinski definition) is 3. The van der Waals surface area contributed by atoms with Crippen LogP contribution in [0.1, 0.15) is 30.6 Å². The maximum absolute atomic E-state index is 12.2. The van der Waals surface area contributed by atoms with Crippen molar-refractivity contribution in [2.45, 2.75) is 20.3 Å². The number of amides is 1. The molecule has 1 aromatic rings. The van der Waals surface area contributed by atoms with Crippen LogP contribution in [0.5, 0.6) is 0 Å². The van der Waals surface area contributed by atoms with E-state index in [9.17, 15) is 4.79 Å². The van der Waals surface area contributed by atoms with Crippen molar-refractivity contribution in [3.8, 4) is 0 Å². The molecule has 1 aliphatic heterocycles. The molecule has 4 nitrogen and oxygen atoms in total. The molecule has 1 aliphatic rings. The van der Waals surface area contributed by atoms with Crippen LogP contribution < -0.4 is 0 Å². The fourth-order valence-corrected chi connectivity index (χ4v) is 2.28. The molecule has 92 valence electrons. The Hall–Kier alpha value is -0.870. The zero-order valence-corrected chi connectivity index (χ0v) is 11.2. The molecule has 0 bridgehead atoms. The van der Waals surface area contributed by atoms with Gasteiger partial charge in [0.05, 0.1) is 5.56 Å². The molecule has 0 N–H and O–H groups in total. The first kappa shape index (κ1) is 12.6. The van der Waals surface area contributed by atoms with Gasteiger partial charge in [-0.15, -0.1) is 10.2 Å². The molecular weight excluding hydrogens is 261 g/mol. The lowest BCUT2D eigenvalue weighted by Gasteiger charge is -2.20. The van der Waals surface area contributed by atoms with Crippen LogP contribution in [0.15, 0.2) is 6.07 Å². The van der Waals surface area contributed by atoms with Gasteiger partial charge in [0.2, 0.25) is 0 Å². The van der Waals surface area contributed by atoms with Gasteiger partial charge in [-0.25, -0.2) is 0 Å². The predicted octanol–water partition coefficient (Wildman–Crippen LogP) is 2.66. The second-order valence-electron chi connectivity index (χ2n) is 5.01. The Labute approximate surface area is 110 Å². The number of likely N-dealkylation sites (tertiary alicyclic amines) is 1. The summed E-state index contributed by atoms with van der Waals surface area (Å²) in [4.78, 5) is 14.0. The Morgan fingerprint density at radius 2 is 2.12 bits per heavy atom. The van der Waals surface area contributed by atoms with Crippen LogP contribution >= 0.6 is 23.2 Å². The maximum atomic E-state index is 12.2. The van der Waals surface area contributed by atoms with Gasteiger partial charge in [-0.1, -0.05) is 37.0 Å². The summed E-state index contributed by atoms with van der Waals surface area (Å²) < 4.78 is 0. The number of aromatic nitrogens is 2. The van der Waals surface area contributed by atoms with Crippen molar-refractivity contribution in [2.24, 2.45) is 5.41 Å². The molecule has 1 fully saturated rings. The predicted molar refractivity (Wildman–Crippen MR) is 66.4 cm³/mol. The fourth-order valence-electron chi connectivity index (χ4n) is 1.96. The molecule has 0 saturated carbocycles. The van der Waals surface area contributed by atoms with E-state index in [-0.39, 0.29) is 21.6 Å². The Bertz CT molecular complexity index is 462. The van der Waals surface area contributed by atoms with E-state index in [2.05, 4.69) is 24.0 Å². The SMILES string of the molecule is CC1(C)CCN(C(=O)c2cc(Cl)nnc2Cl)C1. The average molecular weight is 274 g/mol. The molecule has 0 atom stereocenters. The molecule has 0 spiro atoms. The first-order valence-electron chi connectivity index (χ1n) is 5.37. The van der Waals surface area contributed by atoms with Crippen molar-refractivity contribution in [1.82, 2.24) is 15.1 Å². The van der Waals surface area contributed by atoms with E-state index in [0.29, 0.717) is 5.56 Å². The molecule has 0 aromatic carbocycles. The van der Waals surface area contributed by atoms with Crippen LogP contribution in [0.3, 0.4) is 0 Å². The third-order valence-electron chi connectivity index (χ3n) is 2.91. The van der Waals surface area contributed by atoms with Crippen LogP contribution in [0.25, 0.3) is 0 Å². The molecule has 1 saturated heterocycles. The van der Waals surface area contributed by atoms with Gasteiger partial charge in [0, 0.05) is 13.1 Å². The molecule has 1 aromatic heterocycles. The van der Waals surface area contributed by atoms with Gasteiger partial charge in [0.15, 0.2) is 10.3 Å². The van der Waals surface area contributed by atoms with Gasteiger partial charge in [0.1, 0.15) is 0 Å². The van der Waals surface area contributed by atoms with Gasteiger partial charge in [-0.05, 0) is 17.9 Å². The molecule has 17 heavy (non-hydrogen) atoms. The third-order valence-corrected chi connectivity index (χ3v) is 3.38. The average Bonchev–Trinajstić information content (AvgIpc) is 2.61. The van der Waals surface area contributed by atoms with Crippen molar-refractivity contribution >= 4 is 29.1 Å². The highest BCUT2D eigenvalue weighted by atomic mass is 35.5. The van der Waals surface area contributed by atoms with Crippen LogP contribution in [0.4, 0.5) is 0 Å². The summed E-state index contributed by atoms with van der Waals surface area (Å²) in [5, 5.41) is 7.51. The van der Waals surface area contributed by atoms with E-state index < -0.39 is 0 Å². The van der Waals surface area contributed by atoms with E-state index in [0.717, 1.165) is 19.5 Å². The zero-order chi connectivity index (χ0) is 12.6. The molecule has 2 rings (SSSR count). The smallest absolute Gasteiger partial charge is 0.257 e. The molecule has 6 heteroatoms. The molecule has 1 amide bonds. The standard InChI is InChI=1S/C11H13Cl2N3O/c1-11(2)3-4-16(6-11)10(17)7-5-8(12)14-15-9(7)13/h5H,3-4,6H2,1-2H3. The Morgan fingerprint density at radius 3 is 2.71 bits per heavy atom. The fraction of sp³-hybridized carbons (Fsp3) is 0.545. The largest absolute Gasteiger partial charge is 0.338 e. The minimum Gasteiger partial charge on any atom is -0.338 e. The van der Waals surface area contributed by atoms with Crippen molar-refractivity contribution in [3.63, 3.8) is 0 Å². The van der Waals surface area contributed by atoms with E-state index in [1.54, 1.807) is 4.90 Å². The number of carbonyl (C=O) groups is 1. The van der Waals surface area contributed by atoms with Crippen molar-refractivity contribution in [3.05, 3.63) is 21.9 Å². The summed E-state index contributed by atoms with van der Waals surface area (Å²) in [6.45, 7) is 5.74. The minimum absolute atomic E-state index is 0.101. The summed E-state index contributed by atoms with van der Waals surface area (Å²) in [7, 11) is 0. The van der Waals surface area contributed by atoms with Crippen LogP contribution in [0.2, 0.25) is 10.3 Å². The van der Waals surface area contributed by atoms with Crippen molar-refractivity contribution < 1.29 is 4.79 Å². The molecule has 2 heterocycles. The van der Waals surface area contributed by atoms with Gasteiger partial charge < -0.3 is 4.90 Å². The second kappa shape index (κ2) is 4.42. The monoisotopic (exact) mass is 273 g/mol.